The maximum atomic E-state index is 12.2. The van der Waals surface area contributed by atoms with Crippen molar-refractivity contribution in [1.29, 1.82) is 0 Å². The molecule has 0 unspecified atom stereocenters. The number of ether oxygens (including phenoxy) is 1. The Morgan fingerprint density at radius 1 is 1.21 bits per heavy atom. The van der Waals surface area contributed by atoms with Gasteiger partial charge in [-0.25, -0.2) is 0 Å². The van der Waals surface area contributed by atoms with E-state index in [-0.39, 0.29) is 17.7 Å². The molecule has 0 aliphatic heterocycles. The predicted molar refractivity (Wildman–Crippen MR) is 91.2 cm³/mol. The van der Waals surface area contributed by atoms with Crippen LogP contribution in [0.25, 0.3) is 0 Å². The Kier molecular flexibility index (Phi) is 6.18. The molecule has 24 heavy (non-hydrogen) atoms. The smallest absolute Gasteiger partial charge is 0.260 e. The van der Waals surface area contributed by atoms with Gasteiger partial charge in [0.05, 0.1) is 6.26 Å². The largest absolute Gasteiger partial charge is 0.481 e. The van der Waals surface area contributed by atoms with Crippen LogP contribution in [-0.2, 0) is 11.2 Å². The molecule has 0 bridgehead atoms. The molecule has 0 aliphatic carbocycles. The number of ketones is 1. The van der Waals surface area contributed by atoms with Crippen LogP contribution >= 0.6 is 0 Å². The lowest BCUT2D eigenvalue weighted by molar-refractivity contribution is -0.127. The summed E-state index contributed by atoms with van der Waals surface area (Å²) < 4.78 is 10.9. The van der Waals surface area contributed by atoms with Gasteiger partial charge in [-0.1, -0.05) is 12.1 Å². The predicted octanol–water partition coefficient (Wildman–Crippen LogP) is 3.39. The Hall–Kier alpha value is -2.56. The Labute approximate surface area is 142 Å². The van der Waals surface area contributed by atoms with Crippen LogP contribution in [-0.4, -0.2) is 23.8 Å². The molecule has 0 fully saturated rings. The second kappa shape index (κ2) is 8.34. The van der Waals surface area contributed by atoms with Gasteiger partial charge in [-0.3, -0.25) is 9.59 Å². The van der Waals surface area contributed by atoms with Crippen LogP contribution < -0.4 is 10.1 Å². The number of carbonyl (C=O) groups excluding carboxylic acids is 2. The fourth-order valence-corrected chi connectivity index (χ4v) is 2.29. The van der Waals surface area contributed by atoms with E-state index >= 15 is 0 Å². The molecular weight excluding hydrogens is 306 g/mol. The molecule has 5 heteroatoms. The number of amides is 1. The van der Waals surface area contributed by atoms with Crippen LogP contribution in [0.1, 0.15) is 43.3 Å². The fraction of sp³-hybridized carbons (Fsp3) is 0.368. The van der Waals surface area contributed by atoms with E-state index in [1.165, 1.54) is 6.92 Å². The van der Waals surface area contributed by atoms with Crippen molar-refractivity contribution in [3.05, 3.63) is 54.0 Å². The van der Waals surface area contributed by atoms with Crippen LogP contribution in [0, 0.1) is 0 Å². The molecule has 1 N–H and O–H groups in total. The third-order valence-corrected chi connectivity index (χ3v) is 3.72. The molecule has 1 aromatic heterocycles. The molecule has 2 rings (SSSR count). The molecular formula is C19H23NO4. The zero-order chi connectivity index (χ0) is 17.5. The highest BCUT2D eigenvalue weighted by molar-refractivity contribution is 5.94. The standard InChI is InChI=1S/C19H23NO4/c1-13(9-10-17-8-5-11-23-17)20-19(22)15(3)24-18-7-4-6-16(12-18)14(2)21/h4-8,11-13,15H,9-10H2,1-3H3,(H,20,22)/t13-,15-/m1/s1. The minimum absolute atomic E-state index is 0.0113. The third kappa shape index (κ3) is 5.26. The summed E-state index contributed by atoms with van der Waals surface area (Å²) in [5.41, 5.74) is 0.562. The highest BCUT2D eigenvalue weighted by Gasteiger charge is 2.17. The molecule has 5 nitrogen and oxygen atoms in total. The van der Waals surface area contributed by atoms with Crippen molar-refractivity contribution in [2.24, 2.45) is 0 Å². The minimum Gasteiger partial charge on any atom is -0.481 e. The number of rotatable bonds is 8. The molecule has 1 heterocycles. The summed E-state index contributed by atoms with van der Waals surface area (Å²) in [6.07, 6.45) is 2.55. The van der Waals surface area contributed by atoms with Gasteiger partial charge < -0.3 is 14.5 Å². The normalized spacial score (nSPS) is 13.1. The molecule has 0 saturated carbocycles. The van der Waals surface area contributed by atoms with E-state index in [1.54, 1.807) is 37.5 Å². The first-order valence-corrected chi connectivity index (χ1v) is 8.06. The first-order valence-electron chi connectivity index (χ1n) is 8.06. The van der Waals surface area contributed by atoms with Crippen LogP contribution in [0.3, 0.4) is 0 Å². The van der Waals surface area contributed by atoms with E-state index in [0.29, 0.717) is 11.3 Å². The fourth-order valence-electron chi connectivity index (χ4n) is 2.29. The average molecular weight is 329 g/mol. The van der Waals surface area contributed by atoms with Crippen molar-refractivity contribution in [2.45, 2.75) is 45.8 Å². The summed E-state index contributed by atoms with van der Waals surface area (Å²) in [6.45, 7) is 5.13. The van der Waals surface area contributed by atoms with Gasteiger partial charge in [-0.05, 0) is 51.5 Å². The quantitative estimate of drug-likeness (QED) is 0.754. The second-order valence-electron chi connectivity index (χ2n) is 5.87. The summed E-state index contributed by atoms with van der Waals surface area (Å²) in [6, 6.07) is 10.6. The van der Waals surface area contributed by atoms with E-state index < -0.39 is 6.10 Å². The Bertz CT molecular complexity index is 678. The first-order chi connectivity index (χ1) is 11.5. The Morgan fingerprint density at radius 2 is 2.00 bits per heavy atom. The van der Waals surface area contributed by atoms with E-state index in [2.05, 4.69) is 5.32 Å². The molecule has 0 radical (unpaired) electrons. The number of benzene rings is 1. The molecule has 128 valence electrons. The number of nitrogens with one attached hydrogen (secondary N) is 1. The van der Waals surface area contributed by atoms with Gasteiger partial charge in [0.1, 0.15) is 11.5 Å². The van der Waals surface area contributed by atoms with Gasteiger partial charge in [0.2, 0.25) is 0 Å². The van der Waals surface area contributed by atoms with Gasteiger partial charge in [-0.2, -0.15) is 0 Å². The molecule has 0 spiro atoms. The number of hydrogen-bond donors (Lipinski definition) is 1. The third-order valence-electron chi connectivity index (χ3n) is 3.72. The van der Waals surface area contributed by atoms with Gasteiger partial charge in [0.15, 0.2) is 11.9 Å². The maximum absolute atomic E-state index is 12.2. The second-order valence-corrected chi connectivity index (χ2v) is 5.87. The average Bonchev–Trinajstić information content (AvgIpc) is 3.06. The van der Waals surface area contributed by atoms with Crippen molar-refractivity contribution in [2.75, 3.05) is 0 Å². The van der Waals surface area contributed by atoms with Crippen molar-refractivity contribution < 1.29 is 18.7 Å². The van der Waals surface area contributed by atoms with E-state index in [1.807, 2.05) is 19.1 Å². The zero-order valence-corrected chi connectivity index (χ0v) is 14.2. The Morgan fingerprint density at radius 3 is 2.67 bits per heavy atom. The minimum atomic E-state index is -0.640. The topological polar surface area (TPSA) is 68.5 Å². The molecule has 1 amide bonds. The molecule has 1 aromatic carbocycles. The van der Waals surface area contributed by atoms with Crippen LogP contribution in [0.2, 0.25) is 0 Å². The molecule has 0 aliphatic rings. The van der Waals surface area contributed by atoms with E-state index in [9.17, 15) is 9.59 Å². The summed E-state index contributed by atoms with van der Waals surface area (Å²) in [5.74, 6) is 1.19. The van der Waals surface area contributed by atoms with Gasteiger partial charge in [0, 0.05) is 18.0 Å². The van der Waals surface area contributed by atoms with Crippen LogP contribution in [0.4, 0.5) is 0 Å². The van der Waals surface area contributed by atoms with Gasteiger partial charge >= 0.3 is 0 Å². The van der Waals surface area contributed by atoms with Crippen molar-refractivity contribution in [1.82, 2.24) is 5.32 Å². The number of aryl methyl sites for hydroxylation is 1. The number of furan rings is 1. The first kappa shape index (κ1) is 17.8. The van der Waals surface area contributed by atoms with Gasteiger partial charge in [0.25, 0.3) is 5.91 Å². The summed E-state index contributed by atoms with van der Waals surface area (Å²) in [7, 11) is 0. The monoisotopic (exact) mass is 329 g/mol. The van der Waals surface area contributed by atoms with Crippen molar-refractivity contribution in [3.63, 3.8) is 0 Å². The zero-order valence-electron chi connectivity index (χ0n) is 14.2. The van der Waals surface area contributed by atoms with Crippen molar-refractivity contribution in [3.8, 4) is 5.75 Å². The van der Waals surface area contributed by atoms with Crippen molar-refractivity contribution >= 4 is 11.7 Å². The number of Topliss-reactive ketones (excluding diaryl/α,β-unsaturated/α-hetero) is 1. The number of hydrogen-bond acceptors (Lipinski definition) is 4. The Balaban J connectivity index is 1.83. The van der Waals surface area contributed by atoms with Crippen LogP contribution in [0.15, 0.2) is 47.1 Å². The lowest BCUT2D eigenvalue weighted by Gasteiger charge is -2.18. The maximum Gasteiger partial charge on any atom is 0.260 e. The van der Waals surface area contributed by atoms with Crippen LogP contribution in [0.5, 0.6) is 5.75 Å². The summed E-state index contributed by atoms with van der Waals surface area (Å²) in [4.78, 5) is 23.6. The summed E-state index contributed by atoms with van der Waals surface area (Å²) >= 11 is 0. The summed E-state index contributed by atoms with van der Waals surface area (Å²) in [5, 5.41) is 2.93. The molecule has 2 atom stereocenters. The lowest BCUT2D eigenvalue weighted by Crippen LogP contribution is -2.41. The molecule has 0 saturated heterocycles. The highest BCUT2D eigenvalue weighted by Crippen LogP contribution is 2.15. The van der Waals surface area contributed by atoms with Gasteiger partial charge in [-0.15, -0.1) is 0 Å². The highest BCUT2D eigenvalue weighted by atomic mass is 16.5. The van der Waals surface area contributed by atoms with E-state index in [4.69, 9.17) is 9.15 Å². The SMILES string of the molecule is CC(=O)c1cccc(O[C@H](C)C(=O)N[C@H](C)CCc2ccco2)c1. The number of carbonyl (C=O) groups is 2. The lowest BCUT2D eigenvalue weighted by atomic mass is 10.1. The molecule has 2 aromatic rings. The van der Waals surface area contributed by atoms with E-state index in [0.717, 1.165) is 18.6 Å².